The fourth-order valence-electron chi connectivity index (χ4n) is 2.48. The lowest BCUT2D eigenvalue weighted by Gasteiger charge is -2.40. The molecule has 0 aliphatic carbocycles. The minimum absolute atomic E-state index is 0.253. The summed E-state index contributed by atoms with van der Waals surface area (Å²) in [5.74, 6) is -0.798. The first-order valence-corrected chi connectivity index (χ1v) is 5.56. The third-order valence-corrected chi connectivity index (χ3v) is 3.35. The maximum atomic E-state index is 11.4. The Hall–Kier alpha value is -1.35. The molecule has 1 unspecified atom stereocenters. The normalized spacial score (nSPS) is 19.1. The van der Waals surface area contributed by atoms with E-state index in [1.807, 2.05) is 38.2 Å². The summed E-state index contributed by atoms with van der Waals surface area (Å²) in [4.78, 5) is 13.5. The second-order valence-corrected chi connectivity index (χ2v) is 4.65. The van der Waals surface area contributed by atoms with Gasteiger partial charge in [-0.25, -0.2) is 0 Å². The van der Waals surface area contributed by atoms with Crippen LogP contribution in [0.1, 0.15) is 17.0 Å². The molecular formula is C13H17NO2. The lowest BCUT2D eigenvalue weighted by molar-refractivity contribution is -0.141. The van der Waals surface area contributed by atoms with Crippen LogP contribution in [0.3, 0.4) is 0 Å². The van der Waals surface area contributed by atoms with Crippen LogP contribution >= 0.6 is 0 Å². The molecule has 1 saturated heterocycles. The van der Waals surface area contributed by atoms with Gasteiger partial charge in [-0.15, -0.1) is 0 Å². The van der Waals surface area contributed by atoms with Crippen molar-refractivity contribution < 1.29 is 9.90 Å². The number of hydrogen-bond donors (Lipinski definition) is 1. The number of carbonyl (C=O) groups is 1. The van der Waals surface area contributed by atoms with Gasteiger partial charge in [-0.2, -0.15) is 0 Å². The van der Waals surface area contributed by atoms with Crippen molar-refractivity contribution in [3.8, 4) is 0 Å². The quantitative estimate of drug-likeness (QED) is 0.841. The molecule has 0 amide bonds. The van der Waals surface area contributed by atoms with Crippen LogP contribution in [0, 0.1) is 12.8 Å². The third-order valence-electron chi connectivity index (χ3n) is 3.35. The second kappa shape index (κ2) is 4.26. The van der Waals surface area contributed by atoms with Crippen LogP contribution in [-0.2, 0) is 4.79 Å². The molecule has 2 rings (SSSR count). The van der Waals surface area contributed by atoms with E-state index in [0.29, 0.717) is 0 Å². The molecule has 0 saturated carbocycles. The Kier molecular flexibility index (Phi) is 2.97. The van der Waals surface area contributed by atoms with Crippen LogP contribution < -0.4 is 0 Å². The summed E-state index contributed by atoms with van der Waals surface area (Å²) in [5.41, 5.74) is 2.04. The topological polar surface area (TPSA) is 40.5 Å². The summed E-state index contributed by atoms with van der Waals surface area (Å²) >= 11 is 0. The van der Waals surface area contributed by atoms with E-state index in [1.165, 1.54) is 0 Å². The van der Waals surface area contributed by atoms with Gasteiger partial charge in [0.15, 0.2) is 0 Å². The maximum absolute atomic E-state index is 11.4. The number of hydrogen-bond acceptors (Lipinski definition) is 2. The van der Waals surface area contributed by atoms with Crippen molar-refractivity contribution in [2.24, 2.45) is 5.92 Å². The molecule has 1 aromatic carbocycles. The number of carboxylic acid groups (broad SMARTS) is 1. The van der Waals surface area contributed by atoms with Crippen molar-refractivity contribution in [3.63, 3.8) is 0 Å². The first-order chi connectivity index (χ1) is 7.59. The second-order valence-electron chi connectivity index (χ2n) is 4.65. The molecule has 1 N–H and O–H groups in total. The molecule has 3 heteroatoms. The SMILES string of the molecule is Cc1ccccc1C(C(=O)O)C1CN(C)C1. The van der Waals surface area contributed by atoms with Gasteiger partial charge in [0.05, 0.1) is 5.92 Å². The minimum Gasteiger partial charge on any atom is -0.481 e. The van der Waals surface area contributed by atoms with Crippen molar-refractivity contribution in [1.29, 1.82) is 0 Å². The van der Waals surface area contributed by atoms with E-state index in [0.717, 1.165) is 24.2 Å². The Bertz CT molecular complexity index is 397. The van der Waals surface area contributed by atoms with E-state index in [2.05, 4.69) is 4.90 Å². The lowest BCUT2D eigenvalue weighted by Crippen LogP contribution is -2.48. The molecule has 16 heavy (non-hydrogen) atoms. The van der Waals surface area contributed by atoms with E-state index >= 15 is 0 Å². The smallest absolute Gasteiger partial charge is 0.311 e. The highest BCUT2D eigenvalue weighted by Gasteiger charge is 2.37. The molecule has 1 aliphatic heterocycles. The number of aryl methyl sites for hydroxylation is 1. The Morgan fingerprint density at radius 3 is 2.56 bits per heavy atom. The van der Waals surface area contributed by atoms with Gasteiger partial charge in [-0.3, -0.25) is 4.79 Å². The molecule has 1 atom stereocenters. The zero-order chi connectivity index (χ0) is 11.7. The van der Waals surface area contributed by atoms with Gasteiger partial charge in [0.1, 0.15) is 0 Å². The van der Waals surface area contributed by atoms with E-state index in [9.17, 15) is 9.90 Å². The van der Waals surface area contributed by atoms with E-state index in [-0.39, 0.29) is 11.8 Å². The molecule has 86 valence electrons. The highest BCUT2D eigenvalue weighted by atomic mass is 16.4. The fourth-order valence-corrected chi connectivity index (χ4v) is 2.48. The molecule has 1 heterocycles. The number of aliphatic carboxylic acids is 1. The standard InChI is InChI=1S/C13H17NO2/c1-9-5-3-4-6-11(9)12(13(15)16)10-7-14(2)8-10/h3-6,10,12H,7-8H2,1-2H3,(H,15,16). The van der Waals surface area contributed by atoms with Gasteiger partial charge in [-0.1, -0.05) is 24.3 Å². The predicted molar refractivity (Wildman–Crippen MR) is 62.5 cm³/mol. The zero-order valence-corrected chi connectivity index (χ0v) is 9.68. The first kappa shape index (κ1) is 11.1. The van der Waals surface area contributed by atoms with Crippen molar-refractivity contribution in [1.82, 2.24) is 4.90 Å². The van der Waals surface area contributed by atoms with Gasteiger partial charge in [0, 0.05) is 19.0 Å². The summed E-state index contributed by atoms with van der Waals surface area (Å²) in [6.07, 6.45) is 0. The molecular weight excluding hydrogens is 202 g/mol. The van der Waals surface area contributed by atoms with Crippen molar-refractivity contribution >= 4 is 5.97 Å². The number of benzene rings is 1. The Morgan fingerprint density at radius 2 is 2.06 bits per heavy atom. The van der Waals surface area contributed by atoms with E-state index in [1.54, 1.807) is 0 Å². The van der Waals surface area contributed by atoms with Gasteiger partial charge in [-0.05, 0) is 25.1 Å². The molecule has 0 radical (unpaired) electrons. The molecule has 0 aromatic heterocycles. The van der Waals surface area contributed by atoms with Crippen LogP contribution in [0.2, 0.25) is 0 Å². The van der Waals surface area contributed by atoms with E-state index < -0.39 is 5.97 Å². The highest BCUT2D eigenvalue weighted by molar-refractivity contribution is 5.77. The van der Waals surface area contributed by atoms with Crippen molar-refractivity contribution in [2.75, 3.05) is 20.1 Å². The largest absolute Gasteiger partial charge is 0.481 e. The van der Waals surface area contributed by atoms with Gasteiger partial charge in [0.25, 0.3) is 0 Å². The molecule has 0 bridgehead atoms. The van der Waals surface area contributed by atoms with Crippen molar-refractivity contribution in [3.05, 3.63) is 35.4 Å². The first-order valence-electron chi connectivity index (χ1n) is 5.56. The average molecular weight is 219 g/mol. The summed E-state index contributed by atoms with van der Waals surface area (Å²) in [6, 6.07) is 7.78. The van der Waals surface area contributed by atoms with Crippen LogP contribution in [0.25, 0.3) is 0 Å². The monoisotopic (exact) mass is 219 g/mol. The number of likely N-dealkylation sites (tertiary alicyclic amines) is 1. The third kappa shape index (κ3) is 1.95. The Morgan fingerprint density at radius 1 is 1.44 bits per heavy atom. The molecule has 0 spiro atoms. The zero-order valence-electron chi connectivity index (χ0n) is 9.68. The number of carboxylic acids is 1. The summed E-state index contributed by atoms with van der Waals surface area (Å²) in [7, 11) is 2.02. The van der Waals surface area contributed by atoms with Gasteiger partial charge in [0.2, 0.25) is 0 Å². The van der Waals surface area contributed by atoms with Crippen molar-refractivity contribution in [2.45, 2.75) is 12.8 Å². The minimum atomic E-state index is -0.701. The highest BCUT2D eigenvalue weighted by Crippen LogP contribution is 2.32. The Balaban J connectivity index is 2.27. The number of rotatable bonds is 3. The molecule has 1 aromatic rings. The van der Waals surface area contributed by atoms with E-state index in [4.69, 9.17) is 0 Å². The van der Waals surface area contributed by atoms with Gasteiger partial charge >= 0.3 is 5.97 Å². The average Bonchev–Trinajstić information content (AvgIpc) is 2.18. The lowest BCUT2D eigenvalue weighted by atomic mass is 9.80. The van der Waals surface area contributed by atoms with Crippen LogP contribution in [0.5, 0.6) is 0 Å². The molecule has 3 nitrogen and oxygen atoms in total. The molecule has 1 aliphatic rings. The fraction of sp³-hybridized carbons (Fsp3) is 0.462. The predicted octanol–water partition coefficient (Wildman–Crippen LogP) is 1.72. The van der Waals surface area contributed by atoms with Crippen LogP contribution in [-0.4, -0.2) is 36.1 Å². The summed E-state index contributed by atoms with van der Waals surface area (Å²) < 4.78 is 0. The maximum Gasteiger partial charge on any atom is 0.311 e. The molecule has 1 fully saturated rings. The van der Waals surface area contributed by atoms with Crippen LogP contribution in [0.15, 0.2) is 24.3 Å². The van der Waals surface area contributed by atoms with Crippen LogP contribution in [0.4, 0.5) is 0 Å². The summed E-state index contributed by atoms with van der Waals surface area (Å²) in [5, 5.41) is 9.35. The summed E-state index contributed by atoms with van der Waals surface area (Å²) in [6.45, 7) is 3.74. The number of nitrogens with zero attached hydrogens (tertiary/aromatic N) is 1. The van der Waals surface area contributed by atoms with Gasteiger partial charge < -0.3 is 10.0 Å². The Labute approximate surface area is 95.7 Å².